The van der Waals surface area contributed by atoms with E-state index in [2.05, 4.69) is 15.2 Å². The molecule has 0 fully saturated rings. The zero-order chi connectivity index (χ0) is 23.9. The van der Waals surface area contributed by atoms with Crippen LogP contribution in [0.3, 0.4) is 0 Å². The molecule has 0 unspecified atom stereocenters. The van der Waals surface area contributed by atoms with Gasteiger partial charge in [0.05, 0.1) is 16.6 Å². The zero-order valence-corrected chi connectivity index (χ0v) is 18.4. The summed E-state index contributed by atoms with van der Waals surface area (Å²) in [6, 6.07) is 18.8. The Bertz CT molecular complexity index is 1560. The summed E-state index contributed by atoms with van der Waals surface area (Å²) >= 11 is 1.54. The summed E-state index contributed by atoms with van der Waals surface area (Å²) in [4.78, 5) is 18.5. The van der Waals surface area contributed by atoms with Gasteiger partial charge in [0.1, 0.15) is 0 Å². The summed E-state index contributed by atoms with van der Waals surface area (Å²) in [5.41, 5.74) is 0.141. The molecule has 170 valence electrons. The molecular weight excluding hydrogens is 465 g/mol. The molecule has 2 aromatic heterocycles. The lowest BCUT2D eigenvalue weighted by Gasteiger charge is -2.10. The van der Waals surface area contributed by atoms with Crippen molar-refractivity contribution in [3.05, 3.63) is 88.7 Å². The monoisotopic (exact) mass is 480 g/mol. The van der Waals surface area contributed by atoms with Crippen LogP contribution in [0.15, 0.2) is 87.0 Å². The molecule has 5 rings (SSSR count). The van der Waals surface area contributed by atoms with Crippen molar-refractivity contribution in [1.82, 2.24) is 19.9 Å². The summed E-state index contributed by atoms with van der Waals surface area (Å²) in [7, 11) is 0. The van der Waals surface area contributed by atoms with Gasteiger partial charge in [0.25, 0.3) is 11.4 Å². The van der Waals surface area contributed by atoms with Gasteiger partial charge in [-0.3, -0.25) is 4.79 Å². The van der Waals surface area contributed by atoms with Gasteiger partial charge in [0.2, 0.25) is 5.82 Å². The number of thioether (sulfide) groups is 1. The SMILES string of the molecule is CSc1cccc(-n2nc(-c3nc(-c4ccc(C(F)(F)F)cc4)no3)c3ccccc3c2=O)c1. The first kappa shape index (κ1) is 21.9. The Morgan fingerprint density at radius 3 is 2.38 bits per heavy atom. The Labute approximate surface area is 195 Å². The van der Waals surface area contributed by atoms with Gasteiger partial charge in [-0.1, -0.05) is 41.6 Å². The third-order valence-electron chi connectivity index (χ3n) is 5.20. The number of nitrogens with zero attached hydrogens (tertiary/aromatic N) is 4. The minimum atomic E-state index is -4.44. The van der Waals surface area contributed by atoms with Crippen molar-refractivity contribution in [3.63, 3.8) is 0 Å². The lowest BCUT2D eigenvalue weighted by molar-refractivity contribution is -0.137. The molecular formula is C24H15F3N4O2S. The van der Waals surface area contributed by atoms with Crippen LogP contribution in [0.25, 0.3) is 39.4 Å². The zero-order valence-electron chi connectivity index (χ0n) is 17.6. The van der Waals surface area contributed by atoms with E-state index < -0.39 is 11.7 Å². The Morgan fingerprint density at radius 1 is 0.941 bits per heavy atom. The van der Waals surface area contributed by atoms with Crippen molar-refractivity contribution in [2.24, 2.45) is 0 Å². The molecule has 0 saturated carbocycles. The number of halogens is 3. The second-order valence-corrected chi connectivity index (χ2v) is 8.19. The molecule has 0 amide bonds. The summed E-state index contributed by atoms with van der Waals surface area (Å²) in [5.74, 6) is 0.151. The minimum absolute atomic E-state index is 0.0425. The number of rotatable bonds is 4. The first-order chi connectivity index (χ1) is 16.3. The van der Waals surface area contributed by atoms with Crippen LogP contribution in [0.4, 0.5) is 13.2 Å². The van der Waals surface area contributed by atoms with E-state index in [0.29, 0.717) is 22.0 Å². The van der Waals surface area contributed by atoms with Gasteiger partial charge in [-0.25, -0.2) is 0 Å². The van der Waals surface area contributed by atoms with E-state index in [1.807, 2.05) is 24.5 Å². The number of fused-ring (bicyclic) bond motifs is 1. The molecule has 0 spiro atoms. The Morgan fingerprint density at radius 2 is 1.68 bits per heavy atom. The average Bonchev–Trinajstić information content (AvgIpc) is 3.34. The maximum atomic E-state index is 13.2. The van der Waals surface area contributed by atoms with Gasteiger partial charge in [-0.05, 0) is 42.7 Å². The normalized spacial score (nSPS) is 11.8. The third kappa shape index (κ3) is 3.96. The molecule has 0 aliphatic heterocycles. The Kier molecular flexibility index (Phi) is 5.45. The van der Waals surface area contributed by atoms with E-state index >= 15 is 0 Å². The van der Waals surface area contributed by atoms with Crippen LogP contribution in [-0.2, 0) is 6.18 Å². The predicted molar refractivity (Wildman–Crippen MR) is 123 cm³/mol. The molecule has 0 bridgehead atoms. The second-order valence-electron chi connectivity index (χ2n) is 7.31. The van der Waals surface area contributed by atoms with Crippen molar-refractivity contribution >= 4 is 22.5 Å². The summed E-state index contributed by atoms with van der Waals surface area (Å²) in [6.45, 7) is 0. The standard InChI is InChI=1S/C24H15F3N4O2S/c1-34-17-6-4-5-16(13-17)31-23(32)19-8-3-2-7-18(19)20(29-31)22-28-21(30-33-22)14-9-11-15(12-10-14)24(25,26)27/h2-13H,1H3. The maximum Gasteiger partial charge on any atom is 0.416 e. The highest BCUT2D eigenvalue weighted by molar-refractivity contribution is 7.98. The number of benzene rings is 3. The third-order valence-corrected chi connectivity index (χ3v) is 5.93. The predicted octanol–water partition coefficient (Wildman–Crippen LogP) is 5.84. The van der Waals surface area contributed by atoms with Crippen LogP contribution in [0, 0.1) is 0 Å². The van der Waals surface area contributed by atoms with Crippen molar-refractivity contribution in [2.75, 3.05) is 6.26 Å². The Balaban J connectivity index is 1.64. The quantitative estimate of drug-likeness (QED) is 0.301. The average molecular weight is 480 g/mol. The van der Waals surface area contributed by atoms with Crippen molar-refractivity contribution in [2.45, 2.75) is 11.1 Å². The van der Waals surface area contributed by atoms with E-state index in [0.717, 1.165) is 17.0 Å². The molecule has 0 N–H and O–H groups in total. The number of hydrogen-bond donors (Lipinski definition) is 0. The van der Waals surface area contributed by atoms with Gasteiger partial charge in [0.15, 0.2) is 5.69 Å². The molecule has 0 radical (unpaired) electrons. The van der Waals surface area contributed by atoms with Gasteiger partial charge in [-0.15, -0.1) is 11.8 Å². The van der Waals surface area contributed by atoms with Crippen LogP contribution >= 0.6 is 11.8 Å². The largest absolute Gasteiger partial charge is 0.416 e. The molecule has 0 aliphatic carbocycles. The highest BCUT2D eigenvalue weighted by atomic mass is 32.2. The van der Waals surface area contributed by atoms with E-state index in [4.69, 9.17) is 4.52 Å². The molecule has 0 atom stereocenters. The molecule has 10 heteroatoms. The lowest BCUT2D eigenvalue weighted by atomic mass is 10.1. The van der Waals surface area contributed by atoms with Crippen LogP contribution in [-0.4, -0.2) is 26.2 Å². The van der Waals surface area contributed by atoms with Crippen molar-refractivity contribution in [1.29, 1.82) is 0 Å². The molecule has 2 heterocycles. The lowest BCUT2D eigenvalue weighted by Crippen LogP contribution is -2.22. The number of aromatic nitrogens is 4. The Hall–Kier alpha value is -3.92. The van der Waals surface area contributed by atoms with Gasteiger partial charge < -0.3 is 4.52 Å². The maximum absolute atomic E-state index is 13.2. The van der Waals surface area contributed by atoms with E-state index in [-0.39, 0.29) is 23.0 Å². The molecule has 3 aromatic carbocycles. The van der Waals surface area contributed by atoms with Crippen molar-refractivity contribution < 1.29 is 17.7 Å². The van der Waals surface area contributed by atoms with E-state index in [9.17, 15) is 18.0 Å². The van der Waals surface area contributed by atoms with Gasteiger partial charge >= 0.3 is 6.18 Å². The molecule has 34 heavy (non-hydrogen) atoms. The molecule has 0 aliphatic rings. The molecule has 5 aromatic rings. The summed E-state index contributed by atoms with van der Waals surface area (Å²) < 4.78 is 45.3. The number of hydrogen-bond acceptors (Lipinski definition) is 6. The highest BCUT2D eigenvalue weighted by Crippen LogP contribution is 2.31. The first-order valence-corrected chi connectivity index (χ1v) is 11.3. The smallest absolute Gasteiger partial charge is 0.332 e. The second kappa shape index (κ2) is 8.45. The number of alkyl halides is 3. The van der Waals surface area contributed by atoms with Crippen LogP contribution < -0.4 is 5.56 Å². The van der Waals surface area contributed by atoms with Crippen LogP contribution in [0.5, 0.6) is 0 Å². The molecule has 6 nitrogen and oxygen atoms in total. The van der Waals surface area contributed by atoms with E-state index in [1.54, 1.807) is 30.3 Å². The van der Waals surface area contributed by atoms with Crippen LogP contribution in [0.2, 0.25) is 0 Å². The van der Waals surface area contributed by atoms with Crippen LogP contribution in [0.1, 0.15) is 5.56 Å². The molecule has 0 saturated heterocycles. The first-order valence-electron chi connectivity index (χ1n) is 10.0. The summed E-state index contributed by atoms with van der Waals surface area (Å²) in [5, 5.41) is 9.37. The highest BCUT2D eigenvalue weighted by Gasteiger charge is 2.30. The fourth-order valence-electron chi connectivity index (χ4n) is 3.51. The minimum Gasteiger partial charge on any atom is -0.332 e. The van der Waals surface area contributed by atoms with Gasteiger partial charge in [-0.2, -0.15) is 27.9 Å². The summed E-state index contributed by atoms with van der Waals surface area (Å²) in [6.07, 6.45) is -2.51. The van der Waals surface area contributed by atoms with Gasteiger partial charge in [0, 0.05) is 15.8 Å². The fraction of sp³-hybridized carbons (Fsp3) is 0.0833. The van der Waals surface area contributed by atoms with E-state index in [1.165, 1.54) is 28.6 Å². The van der Waals surface area contributed by atoms with Crippen molar-refractivity contribution in [3.8, 4) is 28.7 Å². The fourth-order valence-corrected chi connectivity index (χ4v) is 3.96. The topological polar surface area (TPSA) is 73.8 Å².